The van der Waals surface area contributed by atoms with Crippen molar-refractivity contribution < 1.29 is 33.0 Å². The molecular formula is C26H17F3N2O4. The first-order valence-electron chi connectivity index (χ1n) is 10.5. The lowest BCUT2D eigenvalue weighted by atomic mass is 9.95. The van der Waals surface area contributed by atoms with E-state index in [1.807, 2.05) is 0 Å². The monoisotopic (exact) mass is 478 g/mol. The molecule has 1 atom stereocenters. The summed E-state index contributed by atoms with van der Waals surface area (Å²) in [4.78, 5) is 30.4. The minimum atomic E-state index is -4.57. The first-order chi connectivity index (χ1) is 16.7. The number of halogens is 3. The lowest BCUT2D eigenvalue weighted by Crippen LogP contribution is -2.29. The molecule has 9 heteroatoms. The fourth-order valence-electron chi connectivity index (χ4n) is 4.29. The van der Waals surface area contributed by atoms with Crippen LogP contribution in [0.4, 0.5) is 18.9 Å². The topological polar surface area (TPSA) is 93.6 Å². The van der Waals surface area contributed by atoms with Crippen LogP contribution in [-0.4, -0.2) is 26.9 Å². The normalized spacial score (nSPS) is 17.9. The van der Waals surface area contributed by atoms with Gasteiger partial charge in [0.2, 0.25) is 0 Å². The second kappa shape index (κ2) is 8.05. The summed E-state index contributed by atoms with van der Waals surface area (Å²) < 4.78 is 39.2. The van der Waals surface area contributed by atoms with Crippen molar-refractivity contribution in [2.75, 3.05) is 4.90 Å². The highest BCUT2D eigenvalue weighted by Crippen LogP contribution is 2.43. The van der Waals surface area contributed by atoms with E-state index in [-0.39, 0.29) is 17.0 Å². The Morgan fingerprint density at radius 2 is 1.57 bits per heavy atom. The van der Waals surface area contributed by atoms with Crippen molar-refractivity contribution in [1.29, 1.82) is 0 Å². The van der Waals surface area contributed by atoms with E-state index in [1.54, 1.807) is 24.3 Å². The molecule has 1 aromatic heterocycles. The third kappa shape index (κ3) is 3.71. The number of ketones is 1. The summed E-state index contributed by atoms with van der Waals surface area (Å²) in [5.74, 6) is -2.46. The number of hydrogen-bond acceptors (Lipinski definition) is 4. The van der Waals surface area contributed by atoms with Gasteiger partial charge in [-0.15, -0.1) is 0 Å². The summed E-state index contributed by atoms with van der Waals surface area (Å²) >= 11 is 0. The van der Waals surface area contributed by atoms with Crippen molar-refractivity contribution in [2.24, 2.45) is 0 Å². The van der Waals surface area contributed by atoms with Crippen LogP contribution in [0.15, 0.2) is 84.6 Å². The highest BCUT2D eigenvalue weighted by atomic mass is 19.4. The Kier molecular flexibility index (Phi) is 5.12. The Morgan fingerprint density at radius 1 is 0.914 bits per heavy atom. The number of aromatic hydroxyl groups is 1. The quantitative estimate of drug-likeness (QED) is 0.205. The predicted molar refractivity (Wildman–Crippen MR) is 123 cm³/mol. The number of phenols is 1. The molecule has 1 amide bonds. The minimum Gasteiger partial charge on any atom is -0.508 e. The first-order valence-corrected chi connectivity index (χ1v) is 10.5. The highest BCUT2D eigenvalue weighted by molar-refractivity contribution is 6.51. The molecular weight excluding hydrogens is 461 g/mol. The number of fused-ring (bicyclic) bond motifs is 1. The van der Waals surface area contributed by atoms with Gasteiger partial charge in [-0.3, -0.25) is 14.5 Å². The largest absolute Gasteiger partial charge is 0.508 e. The van der Waals surface area contributed by atoms with Gasteiger partial charge in [-0.2, -0.15) is 13.2 Å². The number of para-hydroxylation sites is 1. The molecule has 1 saturated heterocycles. The van der Waals surface area contributed by atoms with Crippen LogP contribution in [0.2, 0.25) is 0 Å². The maximum Gasteiger partial charge on any atom is 0.416 e. The number of phenolic OH excluding ortho intramolecular Hbond substituents is 1. The summed E-state index contributed by atoms with van der Waals surface area (Å²) in [5.41, 5.74) is 0.310. The van der Waals surface area contributed by atoms with Gasteiger partial charge in [-0.25, -0.2) is 0 Å². The molecule has 0 bridgehead atoms. The molecule has 1 aliphatic rings. The number of carbonyl (C=O) groups is 2. The summed E-state index contributed by atoms with van der Waals surface area (Å²) in [7, 11) is 0. The Bertz CT molecular complexity index is 1490. The SMILES string of the molecule is O=C1C(=O)N(c2ccc(C(F)(F)F)cc2)C(c2ccc(O)cc2)/C1=C(/O)c1c[nH]c2ccccc12. The van der Waals surface area contributed by atoms with Gasteiger partial charge in [0, 0.05) is 28.4 Å². The van der Waals surface area contributed by atoms with E-state index in [0.717, 1.165) is 29.2 Å². The van der Waals surface area contributed by atoms with Gasteiger partial charge in [0.05, 0.1) is 17.2 Å². The Labute approximate surface area is 196 Å². The van der Waals surface area contributed by atoms with Crippen LogP contribution in [-0.2, 0) is 15.8 Å². The van der Waals surface area contributed by atoms with Gasteiger partial charge in [-0.1, -0.05) is 30.3 Å². The summed E-state index contributed by atoms with van der Waals surface area (Å²) in [6.07, 6.45) is -3.06. The smallest absolute Gasteiger partial charge is 0.416 e. The van der Waals surface area contributed by atoms with Crippen LogP contribution in [0.25, 0.3) is 16.7 Å². The zero-order chi connectivity index (χ0) is 24.9. The second-order valence-electron chi connectivity index (χ2n) is 8.05. The number of aromatic nitrogens is 1. The van der Waals surface area contributed by atoms with Gasteiger partial charge in [0.25, 0.3) is 11.7 Å². The van der Waals surface area contributed by atoms with Crippen LogP contribution < -0.4 is 4.90 Å². The van der Waals surface area contributed by atoms with Crippen LogP contribution in [0, 0.1) is 0 Å². The van der Waals surface area contributed by atoms with E-state index in [1.165, 1.54) is 30.5 Å². The van der Waals surface area contributed by atoms with E-state index in [2.05, 4.69) is 4.98 Å². The van der Waals surface area contributed by atoms with E-state index >= 15 is 0 Å². The average molecular weight is 478 g/mol. The number of anilines is 1. The third-order valence-corrected chi connectivity index (χ3v) is 5.97. The lowest BCUT2D eigenvalue weighted by molar-refractivity contribution is -0.137. The maximum absolute atomic E-state index is 13.2. The number of aliphatic hydroxyl groups excluding tert-OH is 1. The van der Waals surface area contributed by atoms with Crippen LogP contribution in [0.5, 0.6) is 5.75 Å². The average Bonchev–Trinajstić information content (AvgIpc) is 3.38. The van der Waals surface area contributed by atoms with Gasteiger partial charge < -0.3 is 15.2 Å². The molecule has 0 spiro atoms. The fourth-order valence-corrected chi connectivity index (χ4v) is 4.29. The van der Waals surface area contributed by atoms with Crippen LogP contribution in [0.1, 0.15) is 22.7 Å². The number of aliphatic hydroxyl groups is 1. The molecule has 176 valence electrons. The Hall–Kier alpha value is -4.53. The van der Waals surface area contributed by atoms with Gasteiger partial charge >= 0.3 is 6.18 Å². The number of H-pyrrole nitrogens is 1. The minimum absolute atomic E-state index is 0.0520. The zero-order valence-corrected chi connectivity index (χ0v) is 17.9. The number of hydrogen-bond donors (Lipinski definition) is 3. The summed E-state index contributed by atoms with van der Waals surface area (Å²) in [6.45, 7) is 0. The number of aromatic amines is 1. The fraction of sp³-hybridized carbons (Fsp3) is 0.0769. The summed E-state index contributed by atoms with van der Waals surface area (Å²) in [5, 5.41) is 21.6. The number of rotatable bonds is 3. The van der Waals surface area contributed by atoms with Crippen molar-refractivity contribution in [3.05, 3.63) is 101 Å². The maximum atomic E-state index is 13.2. The predicted octanol–water partition coefficient (Wildman–Crippen LogP) is 5.52. The number of nitrogens with zero attached hydrogens (tertiary/aromatic N) is 1. The molecule has 0 radical (unpaired) electrons. The standard InChI is InChI=1S/C26H17F3N2O4/c27-26(28,29)15-7-9-16(10-8-15)31-22(14-5-11-17(32)12-6-14)21(24(34)25(31)35)23(33)19-13-30-20-4-2-1-3-18(19)20/h1-13,22,30,32-33H/b23-21-. The van der Waals surface area contributed by atoms with Crippen molar-refractivity contribution in [1.82, 2.24) is 4.98 Å². The number of alkyl halides is 3. The molecule has 3 N–H and O–H groups in total. The molecule has 4 aromatic rings. The third-order valence-electron chi connectivity index (χ3n) is 5.97. The molecule has 1 unspecified atom stereocenters. The lowest BCUT2D eigenvalue weighted by Gasteiger charge is -2.25. The molecule has 1 fully saturated rings. The van der Waals surface area contributed by atoms with Crippen molar-refractivity contribution in [2.45, 2.75) is 12.2 Å². The van der Waals surface area contributed by atoms with Gasteiger partial charge in [0.15, 0.2) is 0 Å². The van der Waals surface area contributed by atoms with E-state index in [4.69, 9.17) is 0 Å². The molecule has 0 saturated carbocycles. The molecule has 6 nitrogen and oxygen atoms in total. The number of amides is 1. The number of carbonyl (C=O) groups excluding carboxylic acids is 2. The van der Waals surface area contributed by atoms with Crippen molar-refractivity contribution >= 4 is 34.0 Å². The molecule has 35 heavy (non-hydrogen) atoms. The molecule has 1 aliphatic heterocycles. The molecule has 2 heterocycles. The molecule has 0 aliphatic carbocycles. The Morgan fingerprint density at radius 3 is 2.23 bits per heavy atom. The molecule has 5 rings (SSSR count). The summed E-state index contributed by atoms with van der Waals surface area (Å²) in [6, 6.07) is 15.4. The highest BCUT2D eigenvalue weighted by Gasteiger charge is 2.47. The van der Waals surface area contributed by atoms with Crippen LogP contribution >= 0.6 is 0 Å². The van der Waals surface area contributed by atoms with Gasteiger partial charge in [0.1, 0.15) is 11.5 Å². The van der Waals surface area contributed by atoms with Gasteiger partial charge in [-0.05, 0) is 48.0 Å². The first kappa shape index (κ1) is 22.3. The number of benzene rings is 3. The van der Waals surface area contributed by atoms with E-state index < -0.39 is 35.2 Å². The van der Waals surface area contributed by atoms with Crippen molar-refractivity contribution in [3.8, 4) is 5.75 Å². The number of nitrogens with one attached hydrogen (secondary N) is 1. The van der Waals surface area contributed by atoms with Crippen LogP contribution in [0.3, 0.4) is 0 Å². The zero-order valence-electron chi connectivity index (χ0n) is 17.9. The van der Waals surface area contributed by atoms with Crippen molar-refractivity contribution in [3.63, 3.8) is 0 Å². The van der Waals surface area contributed by atoms with E-state index in [0.29, 0.717) is 22.0 Å². The Balaban J connectivity index is 1.71. The molecule has 3 aromatic carbocycles. The number of Topliss-reactive ketones (excluding diaryl/α,β-unsaturated/α-hetero) is 1. The van der Waals surface area contributed by atoms with E-state index in [9.17, 15) is 33.0 Å². The second-order valence-corrected chi connectivity index (χ2v) is 8.05.